The summed E-state index contributed by atoms with van der Waals surface area (Å²) in [6.07, 6.45) is 7.34. The van der Waals surface area contributed by atoms with Gasteiger partial charge in [-0.2, -0.15) is 0 Å². The molecule has 136 valence electrons. The van der Waals surface area contributed by atoms with Crippen LogP contribution in [0.15, 0.2) is 52.5 Å². The van der Waals surface area contributed by atoms with E-state index < -0.39 is 0 Å². The molecule has 2 heterocycles. The minimum atomic E-state index is 0.848. The number of hydrogen-bond acceptors (Lipinski definition) is 4. The highest BCUT2D eigenvalue weighted by Crippen LogP contribution is 2.23. The number of hydrogen-bond donors (Lipinski definition) is 1. The van der Waals surface area contributed by atoms with Crippen LogP contribution in [0.2, 0.25) is 0 Å². The lowest BCUT2D eigenvalue weighted by Crippen LogP contribution is -2.28. The maximum Gasteiger partial charge on any atom is 0.121 e. The van der Waals surface area contributed by atoms with Crippen LogP contribution in [0, 0.1) is 0 Å². The van der Waals surface area contributed by atoms with Gasteiger partial charge in [-0.1, -0.05) is 12.6 Å². The summed E-state index contributed by atoms with van der Waals surface area (Å²) >= 11 is 0. The summed E-state index contributed by atoms with van der Waals surface area (Å²) in [4.78, 5) is 18.8. The molecule has 1 fully saturated rings. The Kier molecular flexibility index (Phi) is 5.66. The van der Waals surface area contributed by atoms with Crippen LogP contribution >= 0.6 is 0 Å². The number of imidazole rings is 1. The number of rotatable bonds is 5. The van der Waals surface area contributed by atoms with Crippen LogP contribution in [0.25, 0.3) is 16.6 Å². The van der Waals surface area contributed by atoms with Crippen molar-refractivity contribution < 1.29 is 0 Å². The van der Waals surface area contributed by atoms with Crippen LogP contribution in [-0.2, 0) is 0 Å². The minimum absolute atomic E-state index is 0.848. The predicted molar refractivity (Wildman–Crippen MR) is 111 cm³/mol. The molecular formula is C21H27N5. The smallest absolute Gasteiger partial charge is 0.121 e. The van der Waals surface area contributed by atoms with E-state index in [0.717, 1.165) is 52.4 Å². The third-order valence-electron chi connectivity index (χ3n) is 4.92. The lowest BCUT2D eigenvalue weighted by molar-refractivity contribution is 0.284. The Morgan fingerprint density at radius 3 is 2.73 bits per heavy atom. The monoisotopic (exact) mass is 349 g/mol. The maximum absolute atomic E-state index is 4.80. The van der Waals surface area contributed by atoms with Gasteiger partial charge in [-0.25, -0.2) is 9.98 Å². The molecule has 1 aromatic carbocycles. The maximum atomic E-state index is 4.80. The van der Waals surface area contributed by atoms with Crippen molar-refractivity contribution in [2.24, 2.45) is 9.98 Å². The number of allylic oxidation sites excluding steroid dienone is 2. The van der Waals surface area contributed by atoms with Crippen molar-refractivity contribution >= 4 is 28.5 Å². The van der Waals surface area contributed by atoms with E-state index in [1.165, 1.54) is 19.3 Å². The van der Waals surface area contributed by atoms with E-state index >= 15 is 0 Å². The zero-order chi connectivity index (χ0) is 18.5. The van der Waals surface area contributed by atoms with E-state index in [-0.39, 0.29) is 0 Å². The van der Waals surface area contributed by atoms with E-state index in [9.17, 15) is 0 Å². The highest BCUT2D eigenvalue weighted by Gasteiger charge is 2.13. The molecule has 0 aliphatic carbocycles. The average Bonchev–Trinajstić information content (AvgIpc) is 3.14. The normalized spacial score (nSPS) is 17.0. The number of aromatic amines is 1. The molecular weight excluding hydrogens is 322 g/mol. The van der Waals surface area contributed by atoms with E-state index in [4.69, 9.17) is 4.99 Å². The number of nitrogens with zero attached hydrogens (tertiary/aromatic N) is 4. The van der Waals surface area contributed by atoms with Gasteiger partial charge in [0.25, 0.3) is 0 Å². The molecule has 1 aliphatic rings. The number of likely N-dealkylation sites (tertiary alicyclic amines) is 1. The number of nitrogens with one attached hydrogen (secondary N) is 1. The quantitative estimate of drug-likeness (QED) is 0.811. The second-order valence-corrected chi connectivity index (χ2v) is 6.72. The summed E-state index contributed by atoms with van der Waals surface area (Å²) in [5.74, 6) is 0.848. The van der Waals surface area contributed by atoms with Crippen LogP contribution in [0.3, 0.4) is 0 Å². The summed E-state index contributed by atoms with van der Waals surface area (Å²) in [6, 6.07) is 6.24. The molecule has 0 saturated carbocycles. The molecule has 1 aliphatic heterocycles. The van der Waals surface area contributed by atoms with Gasteiger partial charge in [-0.3, -0.25) is 4.99 Å². The molecule has 3 rings (SSSR count). The third-order valence-corrected chi connectivity index (χ3v) is 4.92. The van der Waals surface area contributed by atoms with Crippen LogP contribution in [-0.4, -0.2) is 46.9 Å². The molecule has 0 amide bonds. The topological polar surface area (TPSA) is 56.6 Å². The molecule has 0 atom stereocenters. The van der Waals surface area contributed by atoms with Gasteiger partial charge in [0.2, 0.25) is 0 Å². The average molecular weight is 349 g/mol. The Morgan fingerprint density at radius 1 is 1.23 bits per heavy atom. The zero-order valence-corrected chi connectivity index (χ0v) is 15.9. The van der Waals surface area contributed by atoms with Crippen molar-refractivity contribution in [3.8, 4) is 0 Å². The van der Waals surface area contributed by atoms with Crippen molar-refractivity contribution in [1.82, 2.24) is 14.9 Å². The van der Waals surface area contributed by atoms with Crippen LogP contribution in [0.1, 0.15) is 38.7 Å². The number of benzene rings is 1. The summed E-state index contributed by atoms with van der Waals surface area (Å²) in [7, 11) is 1.79. The number of piperidine rings is 1. The van der Waals surface area contributed by atoms with Crippen LogP contribution in [0.5, 0.6) is 0 Å². The minimum Gasteiger partial charge on any atom is -0.357 e. The first-order valence-electron chi connectivity index (χ1n) is 9.16. The second-order valence-electron chi connectivity index (χ2n) is 6.72. The van der Waals surface area contributed by atoms with Crippen molar-refractivity contribution in [2.45, 2.75) is 33.1 Å². The van der Waals surface area contributed by atoms with Gasteiger partial charge in [-0.05, 0) is 56.4 Å². The van der Waals surface area contributed by atoms with Gasteiger partial charge < -0.3 is 9.88 Å². The molecule has 0 spiro atoms. The van der Waals surface area contributed by atoms with Crippen molar-refractivity contribution in [1.29, 1.82) is 0 Å². The van der Waals surface area contributed by atoms with Crippen molar-refractivity contribution in [3.05, 3.63) is 48.1 Å². The van der Waals surface area contributed by atoms with E-state index in [1.807, 2.05) is 19.2 Å². The van der Waals surface area contributed by atoms with Gasteiger partial charge in [0, 0.05) is 37.6 Å². The first-order chi connectivity index (χ1) is 12.6. The van der Waals surface area contributed by atoms with E-state index in [1.54, 1.807) is 13.4 Å². The Hall–Kier alpha value is -2.69. The molecule has 1 N–H and O–H groups in total. The van der Waals surface area contributed by atoms with E-state index in [0.29, 0.717) is 0 Å². The van der Waals surface area contributed by atoms with Gasteiger partial charge >= 0.3 is 0 Å². The number of aromatic nitrogens is 2. The number of aliphatic imine (C=N–C) groups is 2. The Morgan fingerprint density at radius 2 is 2.00 bits per heavy atom. The first-order valence-corrected chi connectivity index (χ1v) is 9.16. The molecule has 1 saturated heterocycles. The van der Waals surface area contributed by atoms with Crippen LogP contribution in [0.4, 0.5) is 0 Å². The summed E-state index contributed by atoms with van der Waals surface area (Å²) in [6.45, 7) is 10.4. The first kappa shape index (κ1) is 18.1. The second kappa shape index (κ2) is 8.13. The SMILES string of the molecule is C=C(/N=C(C)\C(C=NC)=C(/C)c1ccc2nc[nH]c2c1)N1CCCCC1. The zero-order valence-electron chi connectivity index (χ0n) is 15.9. The largest absolute Gasteiger partial charge is 0.357 e. The van der Waals surface area contributed by atoms with Crippen LogP contribution < -0.4 is 0 Å². The standard InChI is InChI=1S/C21H27N5/c1-15(18-8-9-20-21(12-18)24-14-23-20)19(13-22-4)16(2)25-17(3)26-10-6-5-7-11-26/h8-9,12-14H,3,5-7,10-11H2,1-2,4H3,(H,23,24)/b19-15+,22-13?,25-16-. The van der Waals surface area contributed by atoms with E-state index in [2.05, 4.69) is 45.5 Å². The Balaban J connectivity index is 1.94. The fourth-order valence-corrected chi connectivity index (χ4v) is 3.39. The summed E-state index contributed by atoms with van der Waals surface area (Å²) < 4.78 is 0. The van der Waals surface area contributed by atoms with Crippen molar-refractivity contribution in [3.63, 3.8) is 0 Å². The van der Waals surface area contributed by atoms with Gasteiger partial charge in [-0.15, -0.1) is 0 Å². The summed E-state index contributed by atoms with van der Waals surface area (Å²) in [5.41, 5.74) is 6.24. The molecule has 5 nitrogen and oxygen atoms in total. The lowest BCUT2D eigenvalue weighted by atomic mass is 9.99. The highest BCUT2D eigenvalue weighted by molar-refractivity contribution is 6.20. The Labute approximate surface area is 155 Å². The molecule has 0 bridgehead atoms. The van der Waals surface area contributed by atoms with Gasteiger partial charge in [0.05, 0.1) is 17.4 Å². The number of fused-ring (bicyclic) bond motifs is 1. The molecule has 2 aromatic rings. The molecule has 0 radical (unpaired) electrons. The fourth-order valence-electron chi connectivity index (χ4n) is 3.39. The lowest BCUT2D eigenvalue weighted by Gasteiger charge is -2.28. The molecule has 5 heteroatoms. The number of H-pyrrole nitrogens is 1. The van der Waals surface area contributed by atoms with Gasteiger partial charge in [0.1, 0.15) is 5.82 Å². The highest BCUT2D eigenvalue weighted by atomic mass is 15.2. The summed E-state index contributed by atoms with van der Waals surface area (Å²) in [5, 5.41) is 0. The molecule has 1 aromatic heterocycles. The molecule has 26 heavy (non-hydrogen) atoms. The Bertz CT molecular complexity index is 879. The third kappa shape index (κ3) is 3.93. The fraction of sp³-hybridized carbons (Fsp3) is 0.381. The molecule has 0 unspecified atom stereocenters. The predicted octanol–water partition coefficient (Wildman–Crippen LogP) is 4.46. The van der Waals surface area contributed by atoms with Crippen molar-refractivity contribution in [2.75, 3.05) is 20.1 Å². The van der Waals surface area contributed by atoms with Gasteiger partial charge in [0.15, 0.2) is 0 Å².